The molecule has 2 aromatic carbocycles. The predicted octanol–water partition coefficient (Wildman–Crippen LogP) is 2.60. The first-order valence-corrected chi connectivity index (χ1v) is 8.41. The Morgan fingerprint density at radius 2 is 1.76 bits per heavy atom. The highest BCUT2D eigenvalue weighted by Crippen LogP contribution is 2.15. The van der Waals surface area contributed by atoms with Crippen LogP contribution < -0.4 is 20.9 Å². The van der Waals surface area contributed by atoms with Gasteiger partial charge >= 0.3 is 0 Å². The SMILES string of the molecule is O=C(COc1ccc(I)cc1)NNC(=S)Nc1ccc([N+](=O)[O-])cc1. The number of hydrazine groups is 1. The maximum atomic E-state index is 11.7. The van der Waals surface area contributed by atoms with Gasteiger partial charge < -0.3 is 10.1 Å². The predicted molar refractivity (Wildman–Crippen MR) is 105 cm³/mol. The zero-order valence-electron chi connectivity index (χ0n) is 12.7. The highest BCUT2D eigenvalue weighted by atomic mass is 127. The van der Waals surface area contributed by atoms with E-state index in [0.29, 0.717) is 11.4 Å². The molecule has 0 unspecified atom stereocenters. The fraction of sp³-hybridized carbons (Fsp3) is 0.0667. The van der Waals surface area contributed by atoms with Crippen LogP contribution in [0.5, 0.6) is 5.75 Å². The molecule has 0 aromatic heterocycles. The van der Waals surface area contributed by atoms with Crippen molar-refractivity contribution >= 4 is 57.2 Å². The van der Waals surface area contributed by atoms with Crippen LogP contribution in [-0.4, -0.2) is 22.5 Å². The van der Waals surface area contributed by atoms with Crippen molar-refractivity contribution in [3.8, 4) is 5.75 Å². The summed E-state index contributed by atoms with van der Waals surface area (Å²) in [4.78, 5) is 21.8. The standard InChI is InChI=1S/C15H13IN4O4S/c16-10-1-7-13(8-2-10)24-9-14(21)18-19-15(25)17-11-3-5-12(6-4-11)20(22)23/h1-8H,9H2,(H,18,21)(H2,17,19,25). The molecule has 0 saturated heterocycles. The summed E-state index contributed by atoms with van der Waals surface area (Å²) in [5.41, 5.74) is 5.43. The Morgan fingerprint density at radius 1 is 1.12 bits per heavy atom. The quantitative estimate of drug-likeness (QED) is 0.266. The molecule has 130 valence electrons. The Hall–Kier alpha value is -2.47. The van der Waals surface area contributed by atoms with Gasteiger partial charge in [-0.2, -0.15) is 0 Å². The smallest absolute Gasteiger partial charge is 0.276 e. The Balaban J connectivity index is 1.72. The Labute approximate surface area is 162 Å². The molecule has 0 fully saturated rings. The summed E-state index contributed by atoms with van der Waals surface area (Å²) in [6.45, 7) is -0.173. The number of amides is 1. The molecule has 0 atom stereocenters. The fourth-order valence-electron chi connectivity index (χ4n) is 1.67. The number of carbonyl (C=O) groups excluding carboxylic acids is 1. The van der Waals surface area contributed by atoms with Gasteiger partial charge in [0.2, 0.25) is 0 Å². The van der Waals surface area contributed by atoms with Gasteiger partial charge in [-0.15, -0.1) is 0 Å². The number of benzene rings is 2. The lowest BCUT2D eigenvalue weighted by molar-refractivity contribution is -0.384. The summed E-state index contributed by atoms with van der Waals surface area (Å²) in [5, 5.41) is 13.5. The van der Waals surface area contributed by atoms with Gasteiger partial charge in [-0.3, -0.25) is 25.8 Å². The molecule has 3 N–H and O–H groups in total. The lowest BCUT2D eigenvalue weighted by Gasteiger charge is -2.12. The second-order valence-corrected chi connectivity index (χ2v) is 6.33. The van der Waals surface area contributed by atoms with Gasteiger partial charge in [0.25, 0.3) is 11.6 Å². The monoisotopic (exact) mass is 472 g/mol. The highest BCUT2D eigenvalue weighted by Gasteiger charge is 2.06. The highest BCUT2D eigenvalue weighted by molar-refractivity contribution is 14.1. The minimum Gasteiger partial charge on any atom is -0.484 e. The first kappa shape index (κ1) is 18.9. The van der Waals surface area contributed by atoms with Crippen LogP contribution in [0.15, 0.2) is 48.5 Å². The molecule has 0 heterocycles. The average molecular weight is 472 g/mol. The topological polar surface area (TPSA) is 106 Å². The van der Waals surface area contributed by atoms with Gasteiger partial charge in [-0.05, 0) is 71.2 Å². The molecule has 10 heteroatoms. The van der Waals surface area contributed by atoms with E-state index in [1.165, 1.54) is 24.3 Å². The largest absolute Gasteiger partial charge is 0.484 e. The molecular weight excluding hydrogens is 459 g/mol. The number of rotatable bonds is 5. The van der Waals surface area contributed by atoms with Crippen LogP contribution in [0, 0.1) is 13.7 Å². The van der Waals surface area contributed by atoms with Crippen LogP contribution in [0.25, 0.3) is 0 Å². The van der Waals surface area contributed by atoms with Gasteiger partial charge in [0, 0.05) is 21.4 Å². The normalized spacial score (nSPS) is 9.80. The molecule has 0 bridgehead atoms. The first-order chi connectivity index (χ1) is 11.9. The van der Waals surface area contributed by atoms with E-state index in [4.69, 9.17) is 17.0 Å². The molecule has 0 aliphatic rings. The first-order valence-electron chi connectivity index (χ1n) is 6.93. The zero-order valence-corrected chi connectivity index (χ0v) is 15.7. The Bertz CT molecular complexity index is 768. The Kier molecular flexibility index (Phi) is 6.89. The number of nitro benzene ring substituents is 1. The number of halogens is 1. The lowest BCUT2D eigenvalue weighted by atomic mass is 10.3. The molecular formula is C15H13IN4O4S. The summed E-state index contributed by atoms with van der Waals surface area (Å²) >= 11 is 7.19. The third-order valence-electron chi connectivity index (χ3n) is 2.84. The van der Waals surface area contributed by atoms with Gasteiger partial charge in [0.1, 0.15) is 5.75 Å². The van der Waals surface area contributed by atoms with E-state index in [1.54, 1.807) is 12.1 Å². The minimum absolute atomic E-state index is 0.0227. The van der Waals surface area contributed by atoms with Crippen molar-refractivity contribution in [2.75, 3.05) is 11.9 Å². The third kappa shape index (κ3) is 6.51. The van der Waals surface area contributed by atoms with E-state index < -0.39 is 10.8 Å². The van der Waals surface area contributed by atoms with Gasteiger partial charge in [0.05, 0.1) is 4.92 Å². The average Bonchev–Trinajstić information content (AvgIpc) is 2.60. The van der Waals surface area contributed by atoms with Crippen molar-refractivity contribution in [3.63, 3.8) is 0 Å². The lowest BCUT2D eigenvalue weighted by Crippen LogP contribution is -2.45. The number of anilines is 1. The van der Waals surface area contributed by atoms with Crippen molar-refractivity contribution < 1.29 is 14.5 Å². The molecule has 0 saturated carbocycles. The van der Waals surface area contributed by atoms with Crippen LogP contribution >= 0.6 is 34.8 Å². The number of thiocarbonyl (C=S) groups is 1. The second-order valence-electron chi connectivity index (χ2n) is 4.67. The second kappa shape index (κ2) is 9.13. The molecule has 25 heavy (non-hydrogen) atoms. The van der Waals surface area contributed by atoms with E-state index in [2.05, 4.69) is 38.8 Å². The summed E-state index contributed by atoms with van der Waals surface area (Å²) in [6, 6.07) is 13.0. The molecule has 0 spiro atoms. The zero-order chi connectivity index (χ0) is 18.2. The van der Waals surface area contributed by atoms with Gasteiger partial charge in [0.15, 0.2) is 11.7 Å². The van der Waals surface area contributed by atoms with Crippen LogP contribution in [-0.2, 0) is 4.79 Å². The Morgan fingerprint density at radius 3 is 2.36 bits per heavy atom. The number of nitro groups is 1. The number of hydrogen-bond acceptors (Lipinski definition) is 5. The molecule has 2 aromatic rings. The van der Waals surface area contributed by atoms with Crippen LogP contribution in [0.4, 0.5) is 11.4 Å². The van der Waals surface area contributed by atoms with Crippen molar-refractivity contribution in [3.05, 3.63) is 62.2 Å². The summed E-state index contributed by atoms with van der Waals surface area (Å²) in [6.07, 6.45) is 0. The molecule has 0 aliphatic carbocycles. The van der Waals surface area contributed by atoms with Crippen molar-refractivity contribution in [1.82, 2.24) is 10.9 Å². The van der Waals surface area contributed by atoms with E-state index in [1.807, 2.05) is 12.1 Å². The summed E-state index contributed by atoms with van der Waals surface area (Å²) < 4.78 is 6.39. The number of nitrogens with zero attached hydrogens (tertiary/aromatic N) is 1. The number of hydrogen-bond donors (Lipinski definition) is 3. The minimum atomic E-state index is -0.492. The molecule has 2 rings (SSSR count). The van der Waals surface area contributed by atoms with E-state index in [-0.39, 0.29) is 17.4 Å². The number of carbonyl (C=O) groups is 1. The van der Waals surface area contributed by atoms with E-state index in [9.17, 15) is 14.9 Å². The fourth-order valence-corrected chi connectivity index (χ4v) is 2.20. The molecule has 0 radical (unpaired) electrons. The van der Waals surface area contributed by atoms with Gasteiger partial charge in [-0.1, -0.05) is 0 Å². The molecule has 0 aliphatic heterocycles. The van der Waals surface area contributed by atoms with Crippen molar-refractivity contribution in [2.45, 2.75) is 0 Å². The van der Waals surface area contributed by atoms with Crippen LogP contribution in [0.1, 0.15) is 0 Å². The summed E-state index contributed by atoms with van der Waals surface area (Å²) in [5.74, 6) is 0.175. The number of ether oxygens (including phenoxy) is 1. The number of nitrogens with one attached hydrogen (secondary N) is 3. The van der Waals surface area contributed by atoms with Crippen molar-refractivity contribution in [1.29, 1.82) is 0 Å². The maximum Gasteiger partial charge on any atom is 0.276 e. The third-order valence-corrected chi connectivity index (χ3v) is 3.76. The van der Waals surface area contributed by atoms with Gasteiger partial charge in [-0.25, -0.2) is 0 Å². The summed E-state index contributed by atoms with van der Waals surface area (Å²) in [7, 11) is 0. The van der Waals surface area contributed by atoms with Crippen LogP contribution in [0.2, 0.25) is 0 Å². The van der Waals surface area contributed by atoms with Crippen molar-refractivity contribution in [2.24, 2.45) is 0 Å². The van der Waals surface area contributed by atoms with E-state index in [0.717, 1.165) is 3.57 Å². The molecule has 1 amide bonds. The number of non-ortho nitro benzene ring substituents is 1. The van der Waals surface area contributed by atoms with E-state index >= 15 is 0 Å². The maximum absolute atomic E-state index is 11.7. The molecule has 8 nitrogen and oxygen atoms in total. The van der Waals surface area contributed by atoms with Crippen LogP contribution in [0.3, 0.4) is 0 Å².